The summed E-state index contributed by atoms with van der Waals surface area (Å²) in [4.78, 5) is 13.3. The minimum atomic E-state index is 0.700. The first-order valence-corrected chi connectivity index (χ1v) is 9.46. The lowest BCUT2D eigenvalue weighted by Crippen LogP contribution is -2.37. The molecule has 2 aromatic heterocycles. The molecule has 6 heteroatoms. The third-order valence-corrected chi connectivity index (χ3v) is 5.17. The van der Waals surface area contributed by atoms with Gasteiger partial charge in [0.2, 0.25) is 0 Å². The van der Waals surface area contributed by atoms with E-state index in [9.17, 15) is 0 Å². The fourth-order valence-corrected chi connectivity index (χ4v) is 3.68. The molecule has 3 rings (SSSR count). The average molecular weight is 356 g/mol. The lowest BCUT2D eigenvalue weighted by Gasteiger charge is -2.10. The van der Waals surface area contributed by atoms with Gasteiger partial charge in [-0.2, -0.15) is 0 Å². The highest BCUT2D eigenvalue weighted by molar-refractivity contribution is 7.11. The van der Waals surface area contributed by atoms with E-state index in [2.05, 4.69) is 63.8 Å². The van der Waals surface area contributed by atoms with Crippen molar-refractivity contribution in [1.29, 1.82) is 0 Å². The van der Waals surface area contributed by atoms with Crippen LogP contribution in [0.4, 0.5) is 0 Å². The number of thiazole rings is 1. The summed E-state index contributed by atoms with van der Waals surface area (Å²) >= 11 is 1.71. The van der Waals surface area contributed by atoms with Gasteiger partial charge in [0.05, 0.1) is 6.54 Å². The number of guanidine groups is 1. The SMILES string of the molecule is CCc1cccc2c(CCNC(=NC)NCc3ncc(C)s3)c[nH]c12. The second kappa shape index (κ2) is 8.16. The number of fused-ring (bicyclic) bond motifs is 1. The highest BCUT2D eigenvalue weighted by Gasteiger charge is 2.07. The molecule has 0 saturated carbocycles. The van der Waals surface area contributed by atoms with Crippen molar-refractivity contribution in [3.63, 3.8) is 0 Å². The molecule has 3 aromatic rings. The lowest BCUT2D eigenvalue weighted by molar-refractivity contribution is 0.793. The van der Waals surface area contributed by atoms with Gasteiger partial charge >= 0.3 is 0 Å². The van der Waals surface area contributed by atoms with Crippen molar-refractivity contribution < 1.29 is 0 Å². The molecule has 132 valence electrons. The van der Waals surface area contributed by atoms with Gasteiger partial charge in [-0.1, -0.05) is 25.1 Å². The predicted molar refractivity (Wildman–Crippen MR) is 106 cm³/mol. The number of rotatable bonds is 6. The topological polar surface area (TPSA) is 65.1 Å². The minimum absolute atomic E-state index is 0.700. The Hall–Kier alpha value is -2.34. The van der Waals surface area contributed by atoms with E-state index in [4.69, 9.17) is 0 Å². The van der Waals surface area contributed by atoms with Crippen LogP contribution in [0.2, 0.25) is 0 Å². The van der Waals surface area contributed by atoms with Crippen molar-refractivity contribution in [3.05, 3.63) is 51.6 Å². The standard InChI is InChI=1S/C19H25N5S/c1-4-14-6-5-7-16-15(11-23-18(14)16)8-9-21-19(20-3)24-12-17-22-10-13(2)25-17/h5-7,10-11,23H,4,8-9,12H2,1-3H3,(H2,20,21,24). The molecule has 25 heavy (non-hydrogen) atoms. The fraction of sp³-hybridized carbons (Fsp3) is 0.368. The van der Waals surface area contributed by atoms with Gasteiger partial charge in [0.1, 0.15) is 5.01 Å². The van der Waals surface area contributed by atoms with E-state index in [1.165, 1.54) is 26.9 Å². The summed E-state index contributed by atoms with van der Waals surface area (Å²) in [6.45, 7) is 5.79. The molecule has 0 spiro atoms. The fourth-order valence-electron chi connectivity index (χ4n) is 2.96. The third kappa shape index (κ3) is 4.20. The van der Waals surface area contributed by atoms with Gasteiger partial charge in [-0.3, -0.25) is 4.99 Å². The molecule has 3 N–H and O–H groups in total. The van der Waals surface area contributed by atoms with E-state index in [-0.39, 0.29) is 0 Å². The summed E-state index contributed by atoms with van der Waals surface area (Å²) in [5.74, 6) is 0.807. The molecule has 0 amide bonds. The number of H-pyrrole nitrogens is 1. The van der Waals surface area contributed by atoms with Gasteiger partial charge in [0.15, 0.2) is 5.96 Å². The van der Waals surface area contributed by atoms with Crippen molar-refractivity contribution in [1.82, 2.24) is 20.6 Å². The first kappa shape index (κ1) is 17.5. The summed E-state index contributed by atoms with van der Waals surface area (Å²) in [7, 11) is 1.79. The van der Waals surface area contributed by atoms with Gasteiger partial charge < -0.3 is 15.6 Å². The van der Waals surface area contributed by atoms with Crippen molar-refractivity contribution in [3.8, 4) is 0 Å². The molecule has 2 heterocycles. The Bertz CT molecular complexity index is 862. The zero-order valence-corrected chi connectivity index (χ0v) is 15.8. The molecule has 0 unspecified atom stereocenters. The summed E-state index contributed by atoms with van der Waals surface area (Å²) in [6.07, 6.45) is 6.02. The Kier molecular flexibility index (Phi) is 5.71. The van der Waals surface area contributed by atoms with Crippen LogP contribution >= 0.6 is 11.3 Å². The molecule has 0 aliphatic carbocycles. The number of benzene rings is 1. The second-order valence-electron chi connectivity index (χ2n) is 5.97. The van der Waals surface area contributed by atoms with Gasteiger partial charge in [0, 0.05) is 41.8 Å². The monoisotopic (exact) mass is 355 g/mol. The van der Waals surface area contributed by atoms with Crippen molar-refractivity contribution in [2.75, 3.05) is 13.6 Å². The summed E-state index contributed by atoms with van der Waals surface area (Å²) < 4.78 is 0. The van der Waals surface area contributed by atoms with Crippen LogP contribution in [0.5, 0.6) is 0 Å². The Morgan fingerprint density at radius 3 is 2.88 bits per heavy atom. The maximum absolute atomic E-state index is 4.36. The third-order valence-electron chi connectivity index (χ3n) is 4.25. The Balaban J connectivity index is 1.54. The number of aromatic amines is 1. The van der Waals surface area contributed by atoms with Gasteiger partial charge in [-0.05, 0) is 30.9 Å². The molecule has 0 radical (unpaired) electrons. The van der Waals surface area contributed by atoms with E-state index in [1.807, 2.05) is 6.20 Å². The Morgan fingerprint density at radius 1 is 1.28 bits per heavy atom. The molecule has 0 aliphatic rings. The van der Waals surface area contributed by atoms with Gasteiger partial charge in [-0.15, -0.1) is 11.3 Å². The molecule has 0 atom stereocenters. The smallest absolute Gasteiger partial charge is 0.191 e. The van der Waals surface area contributed by atoms with Crippen LogP contribution in [0.15, 0.2) is 35.6 Å². The minimum Gasteiger partial charge on any atom is -0.361 e. The molecular weight excluding hydrogens is 330 g/mol. The van der Waals surface area contributed by atoms with Gasteiger partial charge in [-0.25, -0.2) is 4.98 Å². The van der Waals surface area contributed by atoms with Crippen molar-refractivity contribution in [2.24, 2.45) is 4.99 Å². The van der Waals surface area contributed by atoms with Crippen LogP contribution in [-0.2, 0) is 19.4 Å². The number of aromatic nitrogens is 2. The molecule has 0 saturated heterocycles. The molecule has 0 aliphatic heterocycles. The van der Waals surface area contributed by atoms with Crippen LogP contribution in [0.3, 0.4) is 0 Å². The number of nitrogens with one attached hydrogen (secondary N) is 3. The molecule has 1 aromatic carbocycles. The Morgan fingerprint density at radius 2 is 2.16 bits per heavy atom. The summed E-state index contributed by atoms with van der Waals surface area (Å²) in [6, 6.07) is 6.52. The van der Waals surface area contributed by atoms with Crippen LogP contribution in [0.25, 0.3) is 10.9 Å². The maximum Gasteiger partial charge on any atom is 0.191 e. The predicted octanol–water partition coefficient (Wildman–Crippen LogP) is 3.40. The van der Waals surface area contributed by atoms with Crippen LogP contribution in [0.1, 0.15) is 27.9 Å². The van der Waals surface area contributed by atoms with E-state index in [0.717, 1.165) is 30.4 Å². The summed E-state index contributed by atoms with van der Waals surface area (Å²) in [5, 5.41) is 9.09. The highest BCUT2D eigenvalue weighted by Crippen LogP contribution is 2.22. The summed E-state index contributed by atoms with van der Waals surface area (Å²) in [5.41, 5.74) is 3.97. The first-order valence-electron chi connectivity index (χ1n) is 8.65. The normalized spacial score (nSPS) is 11.9. The highest BCUT2D eigenvalue weighted by atomic mass is 32.1. The van der Waals surface area contributed by atoms with E-state index in [1.54, 1.807) is 18.4 Å². The number of aryl methyl sites for hydroxylation is 2. The molecule has 5 nitrogen and oxygen atoms in total. The van der Waals surface area contributed by atoms with Gasteiger partial charge in [0.25, 0.3) is 0 Å². The van der Waals surface area contributed by atoms with E-state index >= 15 is 0 Å². The molecule has 0 bridgehead atoms. The number of hydrogen-bond donors (Lipinski definition) is 3. The number of hydrogen-bond acceptors (Lipinski definition) is 3. The van der Waals surface area contributed by atoms with Crippen LogP contribution < -0.4 is 10.6 Å². The first-order chi connectivity index (χ1) is 12.2. The van der Waals surface area contributed by atoms with E-state index < -0.39 is 0 Å². The number of nitrogens with zero attached hydrogens (tertiary/aromatic N) is 2. The Labute approximate surface area is 152 Å². The van der Waals surface area contributed by atoms with Crippen LogP contribution in [0, 0.1) is 6.92 Å². The number of para-hydroxylation sites is 1. The van der Waals surface area contributed by atoms with Crippen LogP contribution in [-0.4, -0.2) is 29.5 Å². The average Bonchev–Trinajstić information content (AvgIpc) is 3.24. The second-order valence-corrected chi connectivity index (χ2v) is 7.29. The zero-order valence-electron chi connectivity index (χ0n) is 15.0. The number of aliphatic imine (C=N–C) groups is 1. The largest absolute Gasteiger partial charge is 0.361 e. The van der Waals surface area contributed by atoms with E-state index in [0.29, 0.717) is 6.54 Å². The molecular formula is C19H25N5S. The molecule has 0 fully saturated rings. The van der Waals surface area contributed by atoms with Crippen molar-refractivity contribution in [2.45, 2.75) is 33.2 Å². The quantitative estimate of drug-likeness (QED) is 0.469. The maximum atomic E-state index is 4.36. The van der Waals surface area contributed by atoms with Crippen molar-refractivity contribution >= 4 is 28.2 Å². The lowest BCUT2D eigenvalue weighted by atomic mass is 10.1. The zero-order chi connectivity index (χ0) is 17.6.